The van der Waals surface area contributed by atoms with Crippen LogP contribution in [0.5, 0.6) is 0 Å². The van der Waals surface area contributed by atoms with Crippen molar-refractivity contribution >= 4 is 29.4 Å². The van der Waals surface area contributed by atoms with E-state index in [1.54, 1.807) is 7.05 Å². The molecule has 2 N–H and O–H groups in total. The van der Waals surface area contributed by atoms with Crippen molar-refractivity contribution < 1.29 is 13.2 Å². The Balaban J connectivity index is 0.00000176. The average Bonchev–Trinajstić information content (AvgIpc) is 2.75. The summed E-state index contributed by atoms with van der Waals surface area (Å²) in [6.07, 6.45) is -0.953. The van der Waals surface area contributed by atoms with Gasteiger partial charge < -0.3 is 5.73 Å². The van der Waals surface area contributed by atoms with E-state index in [0.29, 0.717) is 16.7 Å². The van der Waals surface area contributed by atoms with E-state index in [1.165, 1.54) is 17.1 Å². The van der Waals surface area contributed by atoms with Crippen molar-refractivity contribution in [2.75, 3.05) is 5.73 Å². The molecule has 0 saturated carbocycles. The highest BCUT2D eigenvalue weighted by Gasteiger charge is 2.31. The van der Waals surface area contributed by atoms with Crippen molar-refractivity contribution in [3.05, 3.63) is 30.2 Å². The van der Waals surface area contributed by atoms with E-state index < -0.39 is 11.7 Å². The number of halogens is 4. The minimum atomic E-state index is -4.46. The monoisotopic (exact) mass is 330 g/mol. The van der Waals surface area contributed by atoms with Crippen molar-refractivity contribution in [1.82, 2.24) is 24.7 Å². The Morgan fingerprint density at radius 2 is 1.91 bits per heavy atom. The van der Waals surface area contributed by atoms with E-state index in [9.17, 15) is 13.2 Å². The van der Waals surface area contributed by atoms with Crippen LogP contribution in [0.25, 0.3) is 22.3 Å². The number of aryl methyl sites for hydroxylation is 1. The number of hydrogen-bond donors (Lipinski definition) is 1. The molecule has 0 radical (unpaired) electrons. The zero-order chi connectivity index (χ0) is 15.2. The van der Waals surface area contributed by atoms with Crippen molar-refractivity contribution in [1.29, 1.82) is 0 Å². The summed E-state index contributed by atoms with van der Waals surface area (Å²) in [5, 5.41) is 4.68. The highest BCUT2D eigenvalue weighted by molar-refractivity contribution is 5.90. The fourth-order valence-electron chi connectivity index (χ4n) is 1.99. The van der Waals surface area contributed by atoms with Crippen LogP contribution in [-0.4, -0.2) is 24.7 Å². The second-order valence-electron chi connectivity index (χ2n) is 4.40. The molecule has 3 heterocycles. The number of nitrogens with zero attached hydrogens (tertiary/aromatic N) is 5. The molecular weight excluding hydrogens is 321 g/mol. The molecule has 3 aromatic heterocycles. The lowest BCUT2D eigenvalue weighted by Gasteiger charge is -2.06. The number of aromatic nitrogens is 5. The van der Waals surface area contributed by atoms with Gasteiger partial charge in [0.25, 0.3) is 0 Å². The zero-order valence-electron chi connectivity index (χ0n) is 11.2. The summed E-state index contributed by atoms with van der Waals surface area (Å²) in [4.78, 5) is 11.5. The van der Waals surface area contributed by atoms with Crippen LogP contribution in [0.3, 0.4) is 0 Å². The summed E-state index contributed by atoms with van der Waals surface area (Å²) >= 11 is 0. The number of fused-ring (bicyclic) bond motifs is 1. The van der Waals surface area contributed by atoms with E-state index >= 15 is 0 Å². The molecule has 0 atom stereocenters. The molecule has 0 aromatic carbocycles. The first-order chi connectivity index (χ1) is 9.86. The first-order valence-electron chi connectivity index (χ1n) is 5.84. The molecule has 6 nitrogen and oxygen atoms in total. The topological polar surface area (TPSA) is 82.5 Å². The van der Waals surface area contributed by atoms with E-state index in [2.05, 4.69) is 20.1 Å². The van der Waals surface area contributed by atoms with Crippen LogP contribution in [0.1, 0.15) is 5.56 Å². The van der Waals surface area contributed by atoms with Crippen molar-refractivity contribution in [3.8, 4) is 11.3 Å². The van der Waals surface area contributed by atoms with Gasteiger partial charge in [-0.15, -0.1) is 12.4 Å². The maximum absolute atomic E-state index is 12.7. The van der Waals surface area contributed by atoms with Gasteiger partial charge in [0.05, 0.1) is 10.9 Å². The van der Waals surface area contributed by atoms with Gasteiger partial charge >= 0.3 is 6.18 Å². The third-order valence-electron chi connectivity index (χ3n) is 2.94. The first kappa shape index (κ1) is 16.0. The summed E-state index contributed by atoms with van der Waals surface area (Å²) in [6.45, 7) is 0. The zero-order valence-corrected chi connectivity index (χ0v) is 12.0. The van der Waals surface area contributed by atoms with Crippen molar-refractivity contribution in [3.63, 3.8) is 0 Å². The van der Waals surface area contributed by atoms with Gasteiger partial charge in [-0.1, -0.05) is 0 Å². The highest BCUT2D eigenvalue weighted by atomic mass is 35.5. The number of alkyl halides is 3. The number of hydrogen-bond acceptors (Lipinski definition) is 5. The lowest BCUT2D eigenvalue weighted by molar-refractivity contribution is -0.137. The Morgan fingerprint density at radius 3 is 2.59 bits per heavy atom. The second kappa shape index (κ2) is 5.41. The summed E-state index contributed by atoms with van der Waals surface area (Å²) in [7, 11) is 1.62. The molecule has 10 heteroatoms. The standard InChI is InChI=1S/C12H9F3N6.ClH/c1-21-10-8(5-18-11(16)19-10)9(20-21)6-2-7(4-17-3-6)12(13,14)15;/h2-5H,1H3,(H2,16,18,19);1H. The Morgan fingerprint density at radius 1 is 1.18 bits per heavy atom. The summed E-state index contributed by atoms with van der Waals surface area (Å²) in [6, 6.07) is 0.991. The number of rotatable bonds is 1. The van der Waals surface area contributed by atoms with E-state index in [-0.39, 0.29) is 23.9 Å². The lowest BCUT2D eigenvalue weighted by Crippen LogP contribution is -2.05. The van der Waals surface area contributed by atoms with Gasteiger partial charge in [-0.2, -0.15) is 23.3 Å². The highest BCUT2D eigenvalue weighted by Crippen LogP contribution is 2.32. The lowest BCUT2D eigenvalue weighted by atomic mass is 10.1. The van der Waals surface area contributed by atoms with Crippen LogP contribution in [0.15, 0.2) is 24.7 Å². The van der Waals surface area contributed by atoms with Gasteiger partial charge in [0, 0.05) is 31.2 Å². The summed E-state index contributed by atoms with van der Waals surface area (Å²) in [5.41, 5.74) is 5.66. The van der Waals surface area contributed by atoms with E-state index in [1.807, 2.05) is 0 Å². The van der Waals surface area contributed by atoms with Crippen LogP contribution in [0.4, 0.5) is 19.1 Å². The van der Waals surface area contributed by atoms with Gasteiger partial charge in [-0.3, -0.25) is 4.98 Å². The molecule has 0 spiro atoms. The minimum Gasteiger partial charge on any atom is -0.368 e. The Hall–Kier alpha value is -2.42. The molecule has 0 bridgehead atoms. The third-order valence-corrected chi connectivity index (χ3v) is 2.94. The first-order valence-corrected chi connectivity index (χ1v) is 5.84. The number of anilines is 1. The average molecular weight is 331 g/mol. The normalized spacial score (nSPS) is 11.5. The Bertz CT molecular complexity index is 829. The Kier molecular flexibility index (Phi) is 3.92. The molecule has 116 valence electrons. The summed E-state index contributed by atoms with van der Waals surface area (Å²) < 4.78 is 39.7. The van der Waals surface area contributed by atoms with E-state index in [0.717, 1.165) is 12.3 Å². The van der Waals surface area contributed by atoms with Gasteiger partial charge in [0.2, 0.25) is 5.95 Å². The molecule has 3 aromatic rings. The largest absolute Gasteiger partial charge is 0.417 e. The van der Waals surface area contributed by atoms with Crippen molar-refractivity contribution in [2.24, 2.45) is 7.05 Å². The fourth-order valence-corrected chi connectivity index (χ4v) is 1.99. The predicted octanol–water partition coefficient (Wildman–Crippen LogP) is 2.45. The molecule has 0 saturated heterocycles. The van der Waals surface area contributed by atoms with Gasteiger partial charge in [0.15, 0.2) is 5.65 Å². The van der Waals surface area contributed by atoms with E-state index in [4.69, 9.17) is 5.73 Å². The maximum atomic E-state index is 12.7. The molecule has 0 unspecified atom stereocenters. The molecule has 3 rings (SSSR count). The number of pyridine rings is 1. The Labute approximate surface area is 128 Å². The SMILES string of the molecule is Cl.Cn1nc(-c2cncc(C(F)(F)F)c2)c2cnc(N)nc21. The fraction of sp³-hybridized carbons (Fsp3) is 0.167. The van der Waals surface area contributed by atoms with Crippen LogP contribution < -0.4 is 5.73 Å². The number of nitrogens with two attached hydrogens (primary N) is 1. The smallest absolute Gasteiger partial charge is 0.368 e. The van der Waals surface area contributed by atoms with Crippen molar-refractivity contribution in [2.45, 2.75) is 6.18 Å². The van der Waals surface area contributed by atoms with Crippen LogP contribution in [-0.2, 0) is 13.2 Å². The molecule has 0 aliphatic rings. The van der Waals surface area contributed by atoms with Gasteiger partial charge in [-0.25, -0.2) is 9.67 Å². The minimum absolute atomic E-state index is 0. The van der Waals surface area contributed by atoms with Crippen LogP contribution >= 0.6 is 12.4 Å². The van der Waals surface area contributed by atoms with Crippen LogP contribution in [0, 0.1) is 0 Å². The predicted molar refractivity (Wildman–Crippen MR) is 76.2 cm³/mol. The third kappa shape index (κ3) is 2.67. The summed E-state index contributed by atoms with van der Waals surface area (Å²) in [5.74, 6) is 0.0687. The molecule has 0 fully saturated rings. The van der Waals surface area contributed by atoms with Crippen LogP contribution in [0.2, 0.25) is 0 Å². The van der Waals surface area contributed by atoms with Gasteiger partial charge in [-0.05, 0) is 6.07 Å². The molecule has 0 aliphatic carbocycles. The molecule has 0 amide bonds. The van der Waals surface area contributed by atoms with Gasteiger partial charge in [0.1, 0.15) is 5.69 Å². The molecular formula is C12H10ClF3N6. The quantitative estimate of drug-likeness (QED) is 0.741. The maximum Gasteiger partial charge on any atom is 0.417 e. The molecule has 0 aliphatic heterocycles. The second-order valence-corrected chi connectivity index (χ2v) is 4.40. The number of nitrogen functional groups attached to an aromatic ring is 1. The molecule has 22 heavy (non-hydrogen) atoms.